The Morgan fingerprint density at radius 3 is 2.76 bits per heavy atom. The highest BCUT2D eigenvalue weighted by Crippen LogP contribution is 2.21. The van der Waals surface area contributed by atoms with Gasteiger partial charge in [-0.25, -0.2) is 0 Å². The van der Waals surface area contributed by atoms with Crippen LogP contribution in [0.1, 0.15) is 5.56 Å². The van der Waals surface area contributed by atoms with E-state index < -0.39 is 10.5 Å². The Balaban J connectivity index is 2.07. The normalized spacial score (nSPS) is 17.3. The van der Waals surface area contributed by atoms with Crippen LogP contribution in [0.3, 0.4) is 0 Å². The van der Waals surface area contributed by atoms with Crippen LogP contribution in [0.2, 0.25) is 0 Å². The van der Waals surface area contributed by atoms with Crippen LogP contribution in [0, 0.1) is 17.0 Å². The van der Waals surface area contributed by atoms with Crippen molar-refractivity contribution >= 4 is 11.4 Å². The molecule has 0 spiro atoms. The minimum atomic E-state index is -0.738. The molecule has 1 aromatic rings. The van der Waals surface area contributed by atoms with E-state index in [4.69, 9.17) is 0 Å². The third-order valence-corrected chi connectivity index (χ3v) is 2.80. The molecule has 1 aliphatic heterocycles. The molecule has 2 rings (SSSR count). The Kier molecular flexibility index (Phi) is 2.99. The summed E-state index contributed by atoms with van der Waals surface area (Å²) in [6, 6.07) is 4.82. The first kappa shape index (κ1) is 11.8. The number of β-amino-alcohol motifs (C(OH)–C–C–N with tert-alkyl or cyclic N) is 1. The molecule has 0 bridgehead atoms. The number of anilines is 1. The van der Waals surface area contributed by atoms with Gasteiger partial charge in [-0.1, -0.05) is 0 Å². The van der Waals surface area contributed by atoms with E-state index in [2.05, 4.69) is 10.6 Å². The molecule has 0 unspecified atom stereocenters. The van der Waals surface area contributed by atoms with E-state index in [1.165, 1.54) is 12.1 Å². The van der Waals surface area contributed by atoms with Gasteiger partial charge in [0.1, 0.15) is 5.60 Å². The van der Waals surface area contributed by atoms with Gasteiger partial charge >= 0.3 is 0 Å². The number of nitro groups is 1. The summed E-state index contributed by atoms with van der Waals surface area (Å²) in [4.78, 5) is 10.3. The van der Waals surface area contributed by atoms with Gasteiger partial charge in [0.05, 0.1) is 4.92 Å². The van der Waals surface area contributed by atoms with Gasteiger partial charge in [0.25, 0.3) is 5.69 Å². The van der Waals surface area contributed by atoms with Crippen LogP contribution in [0.4, 0.5) is 11.4 Å². The molecule has 0 aliphatic carbocycles. The number of nitrogens with one attached hydrogen (secondary N) is 2. The van der Waals surface area contributed by atoms with Crippen molar-refractivity contribution in [3.8, 4) is 0 Å². The number of benzene rings is 1. The van der Waals surface area contributed by atoms with Crippen molar-refractivity contribution in [1.29, 1.82) is 0 Å². The predicted molar refractivity (Wildman–Crippen MR) is 64.1 cm³/mol. The zero-order valence-corrected chi connectivity index (χ0v) is 9.56. The molecule has 0 saturated carbocycles. The quantitative estimate of drug-likeness (QED) is 0.528. The van der Waals surface area contributed by atoms with E-state index in [1.807, 2.05) is 6.07 Å². The highest BCUT2D eigenvalue weighted by molar-refractivity contribution is 5.54. The molecule has 92 valence electrons. The summed E-state index contributed by atoms with van der Waals surface area (Å²) in [5, 5.41) is 26.6. The van der Waals surface area contributed by atoms with Crippen molar-refractivity contribution in [3.63, 3.8) is 0 Å². The fourth-order valence-corrected chi connectivity index (χ4v) is 1.78. The van der Waals surface area contributed by atoms with Crippen LogP contribution in [0.25, 0.3) is 0 Å². The topological polar surface area (TPSA) is 87.4 Å². The lowest BCUT2D eigenvalue weighted by Gasteiger charge is -2.37. The number of rotatable bonds is 4. The van der Waals surface area contributed by atoms with E-state index in [1.54, 1.807) is 6.92 Å². The fraction of sp³-hybridized carbons (Fsp3) is 0.455. The molecule has 17 heavy (non-hydrogen) atoms. The summed E-state index contributed by atoms with van der Waals surface area (Å²) >= 11 is 0. The Morgan fingerprint density at radius 1 is 1.53 bits per heavy atom. The van der Waals surface area contributed by atoms with Gasteiger partial charge in [0, 0.05) is 37.5 Å². The summed E-state index contributed by atoms with van der Waals surface area (Å²) in [5.74, 6) is 0. The monoisotopic (exact) mass is 237 g/mol. The van der Waals surface area contributed by atoms with Crippen LogP contribution < -0.4 is 10.6 Å². The van der Waals surface area contributed by atoms with Gasteiger partial charge < -0.3 is 15.7 Å². The summed E-state index contributed by atoms with van der Waals surface area (Å²) in [7, 11) is 0. The highest BCUT2D eigenvalue weighted by Gasteiger charge is 2.33. The number of nitro benzene ring substituents is 1. The largest absolute Gasteiger partial charge is 0.385 e. The standard InChI is InChI=1S/C11H15N3O3/c1-8-2-9(4-10(3-8)14(16)17)13-7-11(15)5-12-6-11/h2-4,12-13,15H,5-7H2,1H3. The number of hydrogen-bond acceptors (Lipinski definition) is 5. The van der Waals surface area contributed by atoms with Gasteiger partial charge in [-0.2, -0.15) is 0 Å². The molecule has 0 atom stereocenters. The molecular weight excluding hydrogens is 222 g/mol. The second kappa shape index (κ2) is 4.31. The second-order valence-corrected chi connectivity index (χ2v) is 4.50. The highest BCUT2D eigenvalue weighted by atomic mass is 16.6. The SMILES string of the molecule is Cc1cc(NCC2(O)CNC2)cc([N+](=O)[O-])c1. The third kappa shape index (κ3) is 2.72. The molecule has 1 heterocycles. The summed E-state index contributed by atoms with van der Waals surface area (Å²) in [6.45, 7) is 3.29. The Labute approximate surface area is 98.8 Å². The van der Waals surface area contributed by atoms with Gasteiger partial charge in [-0.05, 0) is 18.6 Å². The molecule has 6 nitrogen and oxygen atoms in total. The third-order valence-electron chi connectivity index (χ3n) is 2.80. The predicted octanol–water partition coefficient (Wildman–Crippen LogP) is 0.649. The summed E-state index contributed by atoms with van der Waals surface area (Å²) in [6.07, 6.45) is 0. The fourth-order valence-electron chi connectivity index (χ4n) is 1.78. The molecular formula is C11H15N3O3. The van der Waals surface area contributed by atoms with E-state index in [-0.39, 0.29) is 5.69 Å². The number of aliphatic hydroxyl groups is 1. The lowest BCUT2D eigenvalue weighted by atomic mass is 9.97. The smallest absolute Gasteiger partial charge is 0.271 e. The number of aryl methyl sites for hydroxylation is 1. The second-order valence-electron chi connectivity index (χ2n) is 4.50. The van der Waals surface area contributed by atoms with Crippen molar-refractivity contribution in [1.82, 2.24) is 5.32 Å². The van der Waals surface area contributed by atoms with Crippen LogP contribution in [-0.4, -0.2) is 35.3 Å². The Bertz CT molecular complexity index is 444. The van der Waals surface area contributed by atoms with E-state index in [0.29, 0.717) is 25.3 Å². The van der Waals surface area contributed by atoms with Gasteiger partial charge in [0.2, 0.25) is 0 Å². The van der Waals surface area contributed by atoms with Crippen molar-refractivity contribution in [3.05, 3.63) is 33.9 Å². The minimum Gasteiger partial charge on any atom is -0.385 e. The maximum absolute atomic E-state index is 10.7. The zero-order chi connectivity index (χ0) is 12.5. The number of non-ortho nitro benzene ring substituents is 1. The Hall–Kier alpha value is -1.66. The van der Waals surface area contributed by atoms with Crippen LogP contribution in [0.5, 0.6) is 0 Å². The summed E-state index contributed by atoms with van der Waals surface area (Å²) in [5.41, 5.74) is 0.807. The van der Waals surface area contributed by atoms with Crippen molar-refractivity contribution < 1.29 is 10.0 Å². The molecule has 6 heteroatoms. The van der Waals surface area contributed by atoms with Crippen LogP contribution in [0.15, 0.2) is 18.2 Å². The number of hydrogen-bond donors (Lipinski definition) is 3. The summed E-state index contributed by atoms with van der Waals surface area (Å²) < 4.78 is 0. The molecule has 0 amide bonds. The van der Waals surface area contributed by atoms with Crippen molar-refractivity contribution in [2.45, 2.75) is 12.5 Å². The zero-order valence-electron chi connectivity index (χ0n) is 9.56. The maximum atomic E-state index is 10.7. The van der Waals surface area contributed by atoms with Gasteiger partial charge in [-0.3, -0.25) is 10.1 Å². The van der Waals surface area contributed by atoms with Gasteiger partial charge in [0.15, 0.2) is 0 Å². The first-order valence-corrected chi connectivity index (χ1v) is 5.42. The molecule has 0 aromatic heterocycles. The average Bonchev–Trinajstić information content (AvgIpc) is 2.23. The first-order chi connectivity index (χ1) is 7.98. The molecule has 1 saturated heterocycles. The average molecular weight is 237 g/mol. The number of nitrogens with zero attached hydrogens (tertiary/aromatic N) is 1. The molecule has 1 aromatic carbocycles. The maximum Gasteiger partial charge on any atom is 0.271 e. The lowest BCUT2D eigenvalue weighted by molar-refractivity contribution is -0.384. The van der Waals surface area contributed by atoms with E-state index in [0.717, 1.165) is 5.56 Å². The first-order valence-electron chi connectivity index (χ1n) is 5.42. The van der Waals surface area contributed by atoms with Crippen molar-refractivity contribution in [2.75, 3.05) is 25.0 Å². The lowest BCUT2D eigenvalue weighted by Crippen LogP contribution is -2.63. The van der Waals surface area contributed by atoms with Crippen LogP contribution >= 0.6 is 0 Å². The molecule has 1 fully saturated rings. The molecule has 1 aliphatic rings. The van der Waals surface area contributed by atoms with E-state index in [9.17, 15) is 15.2 Å². The molecule has 3 N–H and O–H groups in total. The van der Waals surface area contributed by atoms with Crippen molar-refractivity contribution in [2.24, 2.45) is 0 Å². The molecule has 0 radical (unpaired) electrons. The Morgan fingerprint density at radius 2 is 2.24 bits per heavy atom. The van der Waals surface area contributed by atoms with Gasteiger partial charge in [-0.15, -0.1) is 0 Å². The minimum absolute atomic E-state index is 0.0613. The van der Waals surface area contributed by atoms with Crippen LogP contribution in [-0.2, 0) is 0 Å². The van der Waals surface area contributed by atoms with E-state index >= 15 is 0 Å².